The molecule has 3 nitrogen and oxygen atoms in total. The van der Waals surface area contributed by atoms with Crippen LogP contribution in [-0.2, 0) is 0 Å². The van der Waals surface area contributed by atoms with E-state index >= 15 is 0 Å². The molecule has 19 heavy (non-hydrogen) atoms. The third kappa shape index (κ3) is 3.26. The summed E-state index contributed by atoms with van der Waals surface area (Å²) in [6.45, 7) is 1.85. The zero-order valence-electron chi connectivity index (χ0n) is 10.4. The second kappa shape index (κ2) is 5.76. The van der Waals surface area contributed by atoms with Crippen LogP contribution in [0.4, 0.5) is 5.69 Å². The minimum Gasteiger partial charge on any atom is -0.508 e. The van der Waals surface area contributed by atoms with E-state index in [4.69, 9.17) is 11.6 Å². The normalized spacial score (nSPS) is 11.9. The molecule has 0 heterocycles. The summed E-state index contributed by atoms with van der Waals surface area (Å²) in [5.41, 5.74) is 2.05. The summed E-state index contributed by atoms with van der Waals surface area (Å²) in [5, 5.41) is 11.8. The van der Waals surface area contributed by atoms with E-state index in [1.54, 1.807) is 12.1 Å². The number of halogens is 1. The molecule has 0 aliphatic carbocycles. The maximum Gasteiger partial charge on any atom is 0.255 e. The number of nitrogens with one attached hydrogen (secondary N) is 1. The van der Waals surface area contributed by atoms with Crippen LogP contribution < -0.4 is 5.32 Å². The molecule has 2 N–H and O–H groups in total. The van der Waals surface area contributed by atoms with Crippen LogP contribution in [0, 0.1) is 0 Å². The SMILES string of the molecule is CC(Cl)c1ccccc1NC(=O)c1ccc(O)cc1. The summed E-state index contributed by atoms with van der Waals surface area (Å²) < 4.78 is 0. The Hall–Kier alpha value is -2.00. The molecule has 1 unspecified atom stereocenters. The first kappa shape index (κ1) is 13.4. The Morgan fingerprint density at radius 2 is 1.79 bits per heavy atom. The summed E-state index contributed by atoms with van der Waals surface area (Å²) in [5.74, 6) is -0.101. The number of hydrogen-bond acceptors (Lipinski definition) is 2. The fourth-order valence-corrected chi connectivity index (χ4v) is 1.96. The van der Waals surface area contributed by atoms with Crippen LogP contribution in [0.15, 0.2) is 48.5 Å². The molecule has 2 aromatic rings. The predicted octanol–water partition coefficient (Wildman–Crippen LogP) is 3.94. The summed E-state index contributed by atoms with van der Waals surface area (Å²) in [7, 11) is 0. The van der Waals surface area contributed by atoms with E-state index in [0.717, 1.165) is 5.56 Å². The zero-order chi connectivity index (χ0) is 13.8. The average Bonchev–Trinajstić information content (AvgIpc) is 2.39. The molecule has 1 atom stereocenters. The highest BCUT2D eigenvalue weighted by Crippen LogP contribution is 2.27. The Balaban J connectivity index is 2.22. The van der Waals surface area contributed by atoms with Gasteiger partial charge in [-0.05, 0) is 42.8 Å². The first-order valence-electron chi connectivity index (χ1n) is 5.91. The van der Waals surface area contributed by atoms with Crippen LogP contribution in [-0.4, -0.2) is 11.0 Å². The molecule has 2 aromatic carbocycles. The van der Waals surface area contributed by atoms with Crippen molar-refractivity contribution in [2.75, 3.05) is 5.32 Å². The van der Waals surface area contributed by atoms with Crippen LogP contribution in [0.2, 0.25) is 0 Å². The first-order chi connectivity index (χ1) is 9.08. The number of anilines is 1. The smallest absolute Gasteiger partial charge is 0.255 e. The van der Waals surface area contributed by atoms with Gasteiger partial charge in [0, 0.05) is 11.3 Å². The number of benzene rings is 2. The van der Waals surface area contributed by atoms with Crippen LogP contribution in [0.5, 0.6) is 5.75 Å². The van der Waals surface area contributed by atoms with Crippen LogP contribution in [0.25, 0.3) is 0 Å². The van der Waals surface area contributed by atoms with Gasteiger partial charge in [0.1, 0.15) is 5.75 Å². The van der Waals surface area contributed by atoms with E-state index in [1.165, 1.54) is 12.1 Å². The molecule has 1 amide bonds. The molecule has 0 spiro atoms. The Bertz CT molecular complexity index is 579. The fourth-order valence-electron chi connectivity index (χ4n) is 1.77. The molecular formula is C15H14ClNO2. The second-order valence-corrected chi connectivity index (χ2v) is 4.86. The van der Waals surface area contributed by atoms with Gasteiger partial charge in [0.15, 0.2) is 0 Å². The minimum atomic E-state index is -0.232. The molecule has 2 rings (SSSR count). The first-order valence-corrected chi connectivity index (χ1v) is 6.35. The highest BCUT2D eigenvalue weighted by molar-refractivity contribution is 6.21. The largest absolute Gasteiger partial charge is 0.508 e. The molecule has 0 saturated heterocycles. The van der Waals surface area contributed by atoms with E-state index in [1.807, 2.05) is 31.2 Å². The van der Waals surface area contributed by atoms with Gasteiger partial charge < -0.3 is 10.4 Å². The van der Waals surface area contributed by atoms with Crippen molar-refractivity contribution in [1.82, 2.24) is 0 Å². The van der Waals surface area contributed by atoms with Gasteiger partial charge in [0.2, 0.25) is 0 Å². The molecule has 98 valence electrons. The van der Waals surface area contributed by atoms with Gasteiger partial charge in [-0.2, -0.15) is 0 Å². The average molecular weight is 276 g/mol. The van der Waals surface area contributed by atoms with Crippen LogP contribution >= 0.6 is 11.6 Å². The van der Waals surface area contributed by atoms with Crippen molar-refractivity contribution in [3.8, 4) is 5.75 Å². The lowest BCUT2D eigenvalue weighted by atomic mass is 10.1. The molecule has 0 fully saturated rings. The topological polar surface area (TPSA) is 49.3 Å². The molecule has 0 radical (unpaired) electrons. The fraction of sp³-hybridized carbons (Fsp3) is 0.133. The Morgan fingerprint density at radius 3 is 2.42 bits per heavy atom. The Labute approximate surface area is 116 Å². The number of hydrogen-bond donors (Lipinski definition) is 2. The predicted molar refractivity (Wildman–Crippen MR) is 76.8 cm³/mol. The maximum atomic E-state index is 12.1. The number of phenolic OH excluding ortho intramolecular Hbond substituents is 1. The van der Waals surface area contributed by atoms with E-state index < -0.39 is 0 Å². The van der Waals surface area contributed by atoms with Gasteiger partial charge in [-0.3, -0.25) is 4.79 Å². The third-order valence-electron chi connectivity index (χ3n) is 2.77. The highest BCUT2D eigenvalue weighted by atomic mass is 35.5. The monoisotopic (exact) mass is 275 g/mol. The van der Waals surface area contributed by atoms with Crippen molar-refractivity contribution >= 4 is 23.2 Å². The lowest BCUT2D eigenvalue weighted by molar-refractivity contribution is 0.102. The second-order valence-electron chi connectivity index (χ2n) is 4.20. The van der Waals surface area contributed by atoms with Crippen molar-refractivity contribution in [3.05, 3.63) is 59.7 Å². The van der Waals surface area contributed by atoms with Gasteiger partial charge >= 0.3 is 0 Å². The number of carbonyl (C=O) groups is 1. The van der Waals surface area contributed by atoms with Crippen molar-refractivity contribution in [2.24, 2.45) is 0 Å². The summed E-state index contributed by atoms with van der Waals surface area (Å²) in [6.07, 6.45) is 0. The molecule has 0 aromatic heterocycles. The minimum absolute atomic E-state index is 0.131. The molecule has 0 aliphatic rings. The van der Waals surface area contributed by atoms with Gasteiger partial charge in [-0.25, -0.2) is 0 Å². The highest BCUT2D eigenvalue weighted by Gasteiger charge is 2.11. The van der Waals surface area contributed by atoms with Crippen molar-refractivity contribution < 1.29 is 9.90 Å². The number of para-hydroxylation sites is 1. The number of aromatic hydroxyl groups is 1. The summed E-state index contributed by atoms with van der Waals surface area (Å²) >= 11 is 6.07. The summed E-state index contributed by atoms with van der Waals surface area (Å²) in [6, 6.07) is 13.5. The van der Waals surface area contributed by atoms with Gasteiger partial charge in [0.25, 0.3) is 5.91 Å². The lowest BCUT2D eigenvalue weighted by Gasteiger charge is -2.12. The quantitative estimate of drug-likeness (QED) is 0.834. The molecule has 0 aliphatic heterocycles. The standard InChI is InChI=1S/C15H14ClNO2/c1-10(16)13-4-2-3-5-14(13)17-15(19)11-6-8-12(18)9-7-11/h2-10,18H,1H3,(H,17,19). The number of amides is 1. The van der Waals surface area contributed by atoms with Crippen LogP contribution in [0.1, 0.15) is 28.2 Å². The maximum absolute atomic E-state index is 12.1. The number of alkyl halides is 1. The molecule has 4 heteroatoms. The van der Waals surface area contributed by atoms with Crippen molar-refractivity contribution in [3.63, 3.8) is 0 Å². The molecule has 0 bridgehead atoms. The number of rotatable bonds is 3. The third-order valence-corrected chi connectivity index (χ3v) is 3.00. The lowest BCUT2D eigenvalue weighted by Crippen LogP contribution is -2.13. The number of carbonyl (C=O) groups excluding carboxylic acids is 1. The Morgan fingerprint density at radius 1 is 1.16 bits per heavy atom. The van der Waals surface area contributed by atoms with Crippen molar-refractivity contribution in [1.29, 1.82) is 0 Å². The van der Waals surface area contributed by atoms with E-state index in [0.29, 0.717) is 11.3 Å². The van der Waals surface area contributed by atoms with Gasteiger partial charge in [-0.1, -0.05) is 18.2 Å². The van der Waals surface area contributed by atoms with E-state index in [-0.39, 0.29) is 17.0 Å². The van der Waals surface area contributed by atoms with Gasteiger partial charge in [0.05, 0.1) is 5.38 Å². The van der Waals surface area contributed by atoms with Crippen molar-refractivity contribution in [2.45, 2.75) is 12.3 Å². The molecule has 0 saturated carbocycles. The van der Waals surface area contributed by atoms with E-state index in [2.05, 4.69) is 5.32 Å². The Kier molecular flexibility index (Phi) is 4.07. The zero-order valence-corrected chi connectivity index (χ0v) is 11.2. The molecular weight excluding hydrogens is 262 g/mol. The number of phenols is 1. The van der Waals surface area contributed by atoms with Gasteiger partial charge in [-0.15, -0.1) is 11.6 Å². The van der Waals surface area contributed by atoms with Crippen LogP contribution in [0.3, 0.4) is 0 Å². The summed E-state index contributed by atoms with van der Waals surface area (Å²) in [4.78, 5) is 12.1. The van der Waals surface area contributed by atoms with E-state index in [9.17, 15) is 9.90 Å².